The first-order valence-electron chi connectivity index (χ1n) is 17.3. The van der Waals surface area contributed by atoms with Crippen molar-refractivity contribution in [1.82, 2.24) is 4.98 Å². The molecule has 0 aliphatic rings. The number of ether oxygens (including phenoxy) is 4. The number of hydrogen-bond acceptors (Lipinski definition) is 12. The van der Waals surface area contributed by atoms with Gasteiger partial charge in [-0.25, -0.2) is 31.4 Å². The van der Waals surface area contributed by atoms with E-state index in [1.807, 2.05) is 45.0 Å². The number of sulfonamides is 1. The Bertz CT molecular complexity index is 2520. The number of rotatable bonds is 16. The number of benzene rings is 4. The Morgan fingerprint density at radius 2 is 1.51 bits per heavy atom. The zero-order valence-electron chi connectivity index (χ0n) is 32.0. The number of aromatic nitrogens is 1. The van der Waals surface area contributed by atoms with Gasteiger partial charge in [0.2, 0.25) is 10.0 Å². The molecule has 0 atom stereocenters. The summed E-state index contributed by atoms with van der Waals surface area (Å²) in [5.41, 5.74) is 1.62. The van der Waals surface area contributed by atoms with Crippen LogP contribution in [-0.4, -0.2) is 78.4 Å². The molecule has 2 amide bonds. The van der Waals surface area contributed by atoms with Crippen LogP contribution in [0.3, 0.4) is 0 Å². The predicted octanol–water partition coefficient (Wildman–Crippen LogP) is 6.98. The third-order valence-electron chi connectivity index (χ3n) is 8.26. The lowest BCUT2D eigenvalue weighted by atomic mass is 9.86. The number of fused-ring (bicyclic) bond motifs is 1. The van der Waals surface area contributed by atoms with Gasteiger partial charge in [-0.05, 0) is 53.4 Å². The number of carboxylic acid groups (broad SMARTS) is 1. The van der Waals surface area contributed by atoms with Crippen LogP contribution in [0, 0.1) is 0 Å². The van der Waals surface area contributed by atoms with Crippen molar-refractivity contribution in [3.05, 3.63) is 90.6 Å². The summed E-state index contributed by atoms with van der Waals surface area (Å²) in [6, 6.07) is 21.1. The minimum atomic E-state index is -3.86. The smallest absolute Gasteiger partial charge is 0.329 e. The maximum Gasteiger partial charge on any atom is 0.329 e. The number of hydrogen-bond donors (Lipinski definition) is 5. The molecule has 5 aromatic rings. The van der Waals surface area contributed by atoms with Crippen LogP contribution in [0.15, 0.2) is 90.0 Å². The van der Waals surface area contributed by atoms with Crippen molar-refractivity contribution in [2.75, 3.05) is 60.1 Å². The van der Waals surface area contributed by atoms with Crippen LogP contribution in [0.25, 0.3) is 10.8 Å². The van der Waals surface area contributed by atoms with E-state index in [4.69, 9.17) is 24.1 Å². The van der Waals surface area contributed by atoms with Crippen LogP contribution in [0.1, 0.15) is 26.3 Å². The lowest BCUT2D eigenvalue weighted by molar-refractivity contribution is -0.142. The fraction of sp³-hybridized carbons (Fsp3) is 0.256. The van der Waals surface area contributed by atoms with Crippen LogP contribution in [0.4, 0.5) is 33.4 Å². The van der Waals surface area contributed by atoms with Crippen LogP contribution in [-0.2, 0) is 34.8 Å². The van der Waals surface area contributed by atoms with Crippen molar-refractivity contribution in [3.8, 4) is 23.0 Å². The van der Waals surface area contributed by atoms with Crippen molar-refractivity contribution in [2.24, 2.45) is 0 Å². The molecule has 1 aromatic heterocycles. The van der Waals surface area contributed by atoms with Gasteiger partial charge in [-0.15, -0.1) is 0 Å². The molecule has 0 saturated carbocycles. The Hall–Kier alpha value is -6.11. The first-order valence-corrected chi connectivity index (χ1v) is 20.8. The van der Waals surface area contributed by atoms with E-state index in [1.165, 1.54) is 32.5 Å². The van der Waals surface area contributed by atoms with Gasteiger partial charge >= 0.3 is 12.0 Å². The number of carbonyl (C=O) groups is 2. The molecule has 0 fully saturated rings. The highest BCUT2D eigenvalue weighted by Gasteiger charge is 2.23. The fourth-order valence-corrected chi connectivity index (χ4v) is 7.33. The van der Waals surface area contributed by atoms with Gasteiger partial charge in [-0.3, -0.25) is 4.72 Å². The Labute approximate surface area is 330 Å². The first kappa shape index (κ1) is 42.0. The molecule has 0 bridgehead atoms. The van der Waals surface area contributed by atoms with Gasteiger partial charge in [0.05, 0.1) is 54.8 Å². The number of amides is 2. The summed E-state index contributed by atoms with van der Waals surface area (Å²) in [4.78, 5) is 28.5. The number of aliphatic carboxylic acids is 1. The third-order valence-corrected chi connectivity index (χ3v) is 10.5. The van der Waals surface area contributed by atoms with Crippen LogP contribution >= 0.6 is 0 Å². The Morgan fingerprint density at radius 3 is 2.18 bits per heavy atom. The summed E-state index contributed by atoms with van der Waals surface area (Å²) in [7, 11) is -4.75. The minimum Gasteiger partial charge on any atom is -0.497 e. The summed E-state index contributed by atoms with van der Waals surface area (Å²) in [5.74, 6) is -0.0543. The number of anilines is 5. The number of nitrogens with zero attached hydrogens (tertiary/aromatic N) is 1. The van der Waals surface area contributed by atoms with Gasteiger partial charge in [-0.2, -0.15) is 0 Å². The maximum atomic E-state index is 13.5. The zero-order chi connectivity index (χ0) is 41.5. The van der Waals surface area contributed by atoms with E-state index in [0.29, 0.717) is 39.5 Å². The average Bonchev–Trinajstić information content (AvgIpc) is 3.13. The topological polar surface area (TPSA) is 221 Å². The molecule has 4 aromatic carbocycles. The Kier molecular flexibility index (Phi) is 12.8. The number of nitrogens with one attached hydrogen (secondary N) is 4. The fourth-order valence-electron chi connectivity index (χ4n) is 5.60. The summed E-state index contributed by atoms with van der Waals surface area (Å²) in [5, 5.41) is 18.8. The standard InChI is InChI=1S/C39H43N5O11S2/c1-39(2,3)24-17-32(37(53-5)33(18-24)44-56(6,48)49)43-38(47)42-31-11-12-34(30-10-8-7-9-29(30)31)55-26-13-14-40-35(22-26)41-25-19-27(52-4)21-28(20-25)57(50,51)16-15-54-23-36(45)46/h7-14,17-22,44H,15-16,23H2,1-6H3,(H,40,41)(H,45,46)(H2,42,43,47). The van der Waals surface area contributed by atoms with Crippen molar-refractivity contribution in [3.63, 3.8) is 0 Å². The SMILES string of the molecule is COc1cc(Nc2cc(Oc3ccc(NC(=O)Nc4cc(C(C)(C)C)cc(NS(C)(=O)=O)c4OC)c4ccccc34)ccn2)cc(S(=O)(=O)CCOCC(=O)O)c1. The molecule has 0 unspecified atom stereocenters. The normalized spacial score (nSPS) is 11.8. The third kappa shape index (κ3) is 11.2. The summed E-state index contributed by atoms with van der Waals surface area (Å²) in [6.45, 7) is 4.96. The highest BCUT2D eigenvalue weighted by molar-refractivity contribution is 7.92. The van der Waals surface area contributed by atoms with E-state index in [1.54, 1.807) is 42.5 Å². The largest absolute Gasteiger partial charge is 0.497 e. The molecule has 18 heteroatoms. The van der Waals surface area contributed by atoms with Gasteiger partial charge in [0.1, 0.15) is 29.7 Å². The van der Waals surface area contributed by atoms with Crippen LogP contribution < -0.4 is 34.9 Å². The van der Waals surface area contributed by atoms with Crippen molar-refractivity contribution in [1.29, 1.82) is 0 Å². The van der Waals surface area contributed by atoms with E-state index < -0.39 is 49.6 Å². The Morgan fingerprint density at radius 1 is 0.807 bits per heavy atom. The monoisotopic (exact) mass is 821 g/mol. The predicted molar refractivity (Wildman–Crippen MR) is 218 cm³/mol. The molecule has 0 aliphatic heterocycles. The Balaban J connectivity index is 1.36. The molecule has 5 rings (SSSR count). The molecule has 0 radical (unpaired) electrons. The summed E-state index contributed by atoms with van der Waals surface area (Å²) >= 11 is 0. The van der Waals surface area contributed by atoms with Crippen molar-refractivity contribution in [2.45, 2.75) is 31.1 Å². The molecular formula is C39H43N5O11S2. The van der Waals surface area contributed by atoms with E-state index >= 15 is 0 Å². The molecule has 16 nitrogen and oxygen atoms in total. The number of carboxylic acids is 1. The molecule has 5 N–H and O–H groups in total. The maximum absolute atomic E-state index is 13.5. The second-order valence-corrected chi connectivity index (χ2v) is 17.6. The second-order valence-electron chi connectivity index (χ2n) is 13.7. The molecule has 0 spiro atoms. The number of urea groups is 1. The highest BCUT2D eigenvalue weighted by Crippen LogP contribution is 2.40. The molecule has 0 saturated heterocycles. The van der Waals surface area contributed by atoms with E-state index in [2.05, 4.69) is 25.7 Å². The molecular weight excluding hydrogens is 779 g/mol. The molecule has 1 heterocycles. The highest BCUT2D eigenvalue weighted by atomic mass is 32.2. The van der Waals surface area contributed by atoms with E-state index in [9.17, 15) is 26.4 Å². The van der Waals surface area contributed by atoms with Gasteiger partial charge in [0, 0.05) is 34.8 Å². The molecule has 0 aliphatic carbocycles. The summed E-state index contributed by atoms with van der Waals surface area (Å²) in [6.07, 6.45) is 2.54. The van der Waals surface area contributed by atoms with Crippen LogP contribution in [0.2, 0.25) is 0 Å². The number of sulfone groups is 1. The minimum absolute atomic E-state index is 0.0594. The molecule has 302 valence electrons. The lowest BCUT2D eigenvalue weighted by Crippen LogP contribution is -2.22. The second kappa shape index (κ2) is 17.4. The van der Waals surface area contributed by atoms with Gasteiger partial charge < -0.3 is 40.0 Å². The summed E-state index contributed by atoms with van der Waals surface area (Å²) < 4.78 is 74.9. The van der Waals surface area contributed by atoms with Crippen LogP contribution in [0.5, 0.6) is 23.0 Å². The van der Waals surface area contributed by atoms with Crippen molar-refractivity contribution < 1.29 is 50.5 Å². The first-order chi connectivity index (χ1) is 26.8. The van der Waals surface area contributed by atoms with Gasteiger partial charge in [-0.1, -0.05) is 45.0 Å². The average molecular weight is 822 g/mol. The quantitative estimate of drug-likeness (QED) is 0.0635. The number of carbonyl (C=O) groups excluding carboxylic acids is 1. The van der Waals surface area contributed by atoms with E-state index in [-0.39, 0.29) is 34.4 Å². The lowest BCUT2D eigenvalue weighted by Gasteiger charge is -2.24. The van der Waals surface area contributed by atoms with Crippen molar-refractivity contribution >= 4 is 71.2 Å². The number of methoxy groups -OCH3 is 2. The zero-order valence-corrected chi connectivity index (χ0v) is 33.6. The van der Waals surface area contributed by atoms with Gasteiger partial charge in [0.15, 0.2) is 15.6 Å². The molecule has 57 heavy (non-hydrogen) atoms. The van der Waals surface area contributed by atoms with Gasteiger partial charge in [0.25, 0.3) is 0 Å². The number of pyridine rings is 1. The van der Waals surface area contributed by atoms with E-state index in [0.717, 1.165) is 11.8 Å².